The van der Waals surface area contributed by atoms with Gasteiger partial charge in [-0.25, -0.2) is 0 Å². The number of ether oxygens (including phenoxy) is 1. The van der Waals surface area contributed by atoms with Crippen molar-refractivity contribution in [2.75, 3.05) is 12.9 Å². The number of benzene rings is 2. The second-order valence-electron chi connectivity index (χ2n) is 5.14. The van der Waals surface area contributed by atoms with Gasteiger partial charge < -0.3 is 4.74 Å². The van der Waals surface area contributed by atoms with Crippen molar-refractivity contribution in [3.05, 3.63) is 59.7 Å². The van der Waals surface area contributed by atoms with Gasteiger partial charge in [0.05, 0.1) is 0 Å². The van der Waals surface area contributed by atoms with Crippen LogP contribution in [0.25, 0.3) is 0 Å². The summed E-state index contributed by atoms with van der Waals surface area (Å²) < 4.78 is 5.65. The van der Waals surface area contributed by atoms with Gasteiger partial charge in [0.2, 0.25) is 0 Å². The maximum atomic E-state index is 12.2. The van der Waals surface area contributed by atoms with Gasteiger partial charge in [0.1, 0.15) is 5.75 Å². The van der Waals surface area contributed by atoms with E-state index in [-0.39, 0.29) is 12.4 Å². The van der Waals surface area contributed by atoms with Gasteiger partial charge in [0.25, 0.3) is 0 Å². The summed E-state index contributed by atoms with van der Waals surface area (Å²) in [5, 5.41) is 0. The van der Waals surface area contributed by atoms with Gasteiger partial charge in [-0.1, -0.05) is 50.2 Å². The minimum absolute atomic E-state index is 0.00112. The molecule has 0 spiro atoms. The zero-order valence-electron chi connectivity index (χ0n) is 12.6. The average Bonchev–Trinajstić information content (AvgIpc) is 2.52. The summed E-state index contributed by atoms with van der Waals surface area (Å²) in [7, 11) is 0. The lowest BCUT2D eigenvalue weighted by atomic mass is 10.0. The molecule has 0 N–H and O–H groups in total. The maximum absolute atomic E-state index is 12.2. The van der Waals surface area contributed by atoms with E-state index in [1.807, 2.05) is 54.8 Å². The average molecular weight is 300 g/mol. The topological polar surface area (TPSA) is 26.3 Å². The Morgan fingerprint density at radius 1 is 1.10 bits per heavy atom. The molecule has 0 unspecified atom stereocenters. The van der Waals surface area contributed by atoms with Gasteiger partial charge >= 0.3 is 0 Å². The molecule has 0 saturated carbocycles. The summed E-state index contributed by atoms with van der Waals surface area (Å²) in [5.74, 6) is 1.23. The second kappa shape index (κ2) is 7.32. The Balaban J connectivity index is 2.01. The van der Waals surface area contributed by atoms with E-state index in [1.54, 1.807) is 11.8 Å². The fourth-order valence-corrected chi connectivity index (χ4v) is 2.56. The minimum Gasteiger partial charge on any atom is -0.484 e. The van der Waals surface area contributed by atoms with Crippen LogP contribution in [0.5, 0.6) is 5.75 Å². The van der Waals surface area contributed by atoms with E-state index in [0.717, 1.165) is 10.6 Å². The predicted molar refractivity (Wildman–Crippen MR) is 88.6 cm³/mol. The van der Waals surface area contributed by atoms with E-state index < -0.39 is 0 Å². The first-order valence-electron chi connectivity index (χ1n) is 7.00. The molecule has 110 valence electrons. The highest BCUT2D eigenvalue weighted by Crippen LogP contribution is 2.27. The first-order chi connectivity index (χ1) is 10.1. The molecule has 2 rings (SSSR count). The molecule has 0 aliphatic heterocycles. The summed E-state index contributed by atoms with van der Waals surface area (Å²) in [6, 6.07) is 15.5. The Morgan fingerprint density at radius 2 is 1.76 bits per heavy atom. The highest BCUT2D eigenvalue weighted by Gasteiger charge is 2.09. The molecule has 2 aromatic rings. The third-order valence-corrected chi connectivity index (χ3v) is 4.10. The molecular formula is C18H20O2S. The maximum Gasteiger partial charge on any atom is 0.200 e. The van der Waals surface area contributed by atoms with Crippen molar-refractivity contribution < 1.29 is 9.53 Å². The van der Waals surface area contributed by atoms with Gasteiger partial charge in [-0.15, -0.1) is 11.8 Å². The molecule has 0 fully saturated rings. The Morgan fingerprint density at radius 3 is 2.38 bits per heavy atom. The van der Waals surface area contributed by atoms with Gasteiger partial charge in [0.15, 0.2) is 12.4 Å². The van der Waals surface area contributed by atoms with Gasteiger partial charge in [-0.2, -0.15) is 0 Å². The SMILES string of the molecule is CSc1ccccc1OCC(=O)c1ccc(C(C)C)cc1. The molecule has 0 heterocycles. The number of hydrogen-bond donors (Lipinski definition) is 0. The Kier molecular flexibility index (Phi) is 5.45. The van der Waals surface area contributed by atoms with E-state index in [2.05, 4.69) is 13.8 Å². The smallest absolute Gasteiger partial charge is 0.200 e. The van der Waals surface area contributed by atoms with E-state index in [9.17, 15) is 4.79 Å². The van der Waals surface area contributed by atoms with Crippen molar-refractivity contribution in [1.29, 1.82) is 0 Å². The van der Waals surface area contributed by atoms with E-state index in [1.165, 1.54) is 5.56 Å². The number of rotatable bonds is 6. The normalized spacial score (nSPS) is 10.7. The molecule has 2 aromatic carbocycles. The number of ketones is 1. The zero-order chi connectivity index (χ0) is 15.2. The standard InChI is InChI=1S/C18H20O2S/c1-13(2)14-8-10-15(11-9-14)16(19)12-20-17-6-4-5-7-18(17)21-3/h4-11,13H,12H2,1-3H3. The predicted octanol–water partition coefficient (Wildman–Crippen LogP) is 4.79. The molecule has 0 aliphatic rings. The second-order valence-corrected chi connectivity index (χ2v) is 5.99. The monoisotopic (exact) mass is 300 g/mol. The highest BCUT2D eigenvalue weighted by molar-refractivity contribution is 7.98. The van der Waals surface area contributed by atoms with Crippen LogP contribution in [-0.2, 0) is 0 Å². The van der Waals surface area contributed by atoms with Crippen LogP contribution in [0, 0.1) is 0 Å². The van der Waals surface area contributed by atoms with Gasteiger partial charge in [0, 0.05) is 10.5 Å². The number of hydrogen-bond acceptors (Lipinski definition) is 3. The van der Waals surface area contributed by atoms with Crippen molar-refractivity contribution in [1.82, 2.24) is 0 Å². The molecule has 0 amide bonds. The zero-order valence-corrected chi connectivity index (χ0v) is 13.4. The Hall–Kier alpha value is -1.74. The van der Waals surface area contributed by atoms with Gasteiger partial charge in [-0.05, 0) is 29.9 Å². The van der Waals surface area contributed by atoms with Crippen molar-refractivity contribution >= 4 is 17.5 Å². The number of carbonyl (C=O) groups is 1. The molecule has 0 aliphatic carbocycles. The van der Waals surface area contributed by atoms with Crippen LogP contribution in [0.2, 0.25) is 0 Å². The summed E-state index contributed by atoms with van der Waals surface area (Å²) in [6.45, 7) is 4.34. The largest absolute Gasteiger partial charge is 0.484 e. The Bertz CT molecular complexity index is 603. The number of carbonyl (C=O) groups excluding carboxylic acids is 1. The van der Waals surface area contributed by atoms with E-state index >= 15 is 0 Å². The molecule has 0 saturated heterocycles. The van der Waals surface area contributed by atoms with Crippen LogP contribution in [0.4, 0.5) is 0 Å². The van der Waals surface area contributed by atoms with Crippen LogP contribution >= 0.6 is 11.8 Å². The van der Waals surface area contributed by atoms with Crippen LogP contribution < -0.4 is 4.74 Å². The minimum atomic E-state index is 0.00112. The first kappa shape index (κ1) is 15.6. The third-order valence-electron chi connectivity index (χ3n) is 3.33. The highest BCUT2D eigenvalue weighted by atomic mass is 32.2. The number of Topliss-reactive ketones (excluding diaryl/α,β-unsaturated/α-hetero) is 1. The summed E-state index contributed by atoms with van der Waals surface area (Å²) in [6.07, 6.45) is 1.99. The van der Waals surface area contributed by atoms with Crippen molar-refractivity contribution in [3.8, 4) is 5.75 Å². The van der Waals surface area contributed by atoms with E-state index in [4.69, 9.17) is 4.74 Å². The third kappa shape index (κ3) is 4.11. The number of para-hydroxylation sites is 1. The van der Waals surface area contributed by atoms with Crippen LogP contribution in [0.1, 0.15) is 35.7 Å². The van der Waals surface area contributed by atoms with Crippen LogP contribution in [-0.4, -0.2) is 18.6 Å². The Labute approximate surface area is 130 Å². The summed E-state index contributed by atoms with van der Waals surface area (Å²) in [4.78, 5) is 13.2. The summed E-state index contributed by atoms with van der Waals surface area (Å²) >= 11 is 1.61. The lowest BCUT2D eigenvalue weighted by molar-refractivity contribution is 0.0919. The quantitative estimate of drug-likeness (QED) is 0.566. The molecule has 0 bridgehead atoms. The molecule has 0 aromatic heterocycles. The lowest BCUT2D eigenvalue weighted by Crippen LogP contribution is -2.12. The number of thioether (sulfide) groups is 1. The molecular weight excluding hydrogens is 280 g/mol. The van der Waals surface area contributed by atoms with Crippen molar-refractivity contribution in [2.45, 2.75) is 24.7 Å². The van der Waals surface area contributed by atoms with Crippen molar-refractivity contribution in [3.63, 3.8) is 0 Å². The molecule has 0 atom stereocenters. The molecule has 21 heavy (non-hydrogen) atoms. The fraction of sp³-hybridized carbons (Fsp3) is 0.278. The van der Waals surface area contributed by atoms with Crippen molar-refractivity contribution in [2.24, 2.45) is 0 Å². The summed E-state index contributed by atoms with van der Waals surface area (Å²) in [5.41, 5.74) is 1.93. The lowest BCUT2D eigenvalue weighted by Gasteiger charge is -2.10. The molecule has 3 heteroatoms. The molecule has 0 radical (unpaired) electrons. The molecule has 2 nitrogen and oxygen atoms in total. The fourth-order valence-electron chi connectivity index (χ4n) is 2.02. The van der Waals surface area contributed by atoms with Gasteiger partial charge in [-0.3, -0.25) is 4.79 Å². The van der Waals surface area contributed by atoms with Crippen LogP contribution in [0.3, 0.4) is 0 Å². The first-order valence-corrected chi connectivity index (χ1v) is 8.23. The van der Waals surface area contributed by atoms with Crippen LogP contribution in [0.15, 0.2) is 53.4 Å². The van der Waals surface area contributed by atoms with E-state index in [0.29, 0.717) is 11.5 Å².